The summed E-state index contributed by atoms with van der Waals surface area (Å²) in [7, 11) is 0. The van der Waals surface area contributed by atoms with Gasteiger partial charge in [-0.2, -0.15) is 13.2 Å². The van der Waals surface area contributed by atoms with Gasteiger partial charge in [0, 0.05) is 0 Å². The maximum absolute atomic E-state index is 12.0. The number of hydrogen-bond acceptors (Lipinski definition) is 3. The second-order valence-electron chi connectivity index (χ2n) is 1.94. The largest absolute Gasteiger partial charge is 0.435 e. The van der Waals surface area contributed by atoms with E-state index in [0.29, 0.717) is 0 Å². The Morgan fingerprint density at radius 1 is 1.42 bits per heavy atom. The monoisotopic (exact) mass is 197 g/mol. The van der Waals surface area contributed by atoms with Gasteiger partial charge in [0.1, 0.15) is 0 Å². The Bertz CT molecular complexity index is 298. The lowest BCUT2D eigenvalue weighted by Gasteiger charge is -2.07. The minimum absolute atomic E-state index is 0.475. The van der Waals surface area contributed by atoms with Gasteiger partial charge in [-0.05, 0) is 11.6 Å². The molecule has 0 aliphatic carbocycles. The zero-order chi connectivity index (χ0) is 9.35. The van der Waals surface area contributed by atoms with E-state index in [4.69, 9.17) is 17.3 Å². The third-order valence-corrected chi connectivity index (χ3v) is 1.24. The molecule has 0 amide bonds. The van der Waals surface area contributed by atoms with Crippen molar-refractivity contribution in [2.45, 2.75) is 6.18 Å². The number of halogens is 4. The first-order chi connectivity index (χ1) is 5.41. The van der Waals surface area contributed by atoms with E-state index in [1.54, 1.807) is 0 Å². The van der Waals surface area contributed by atoms with Crippen LogP contribution in [0.3, 0.4) is 0 Å². The summed E-state index contributed by atoms with van der Waals surface area (Å²) in [6.07, 6.45) is -3.77. The highest BCUT2D eigenvalue weighted by atomic mass is 35.5. The van der Waals surface area contributed by atoms with Crippen molar-refractivity contribution in [3.63, 3.8) is 0 Å². The van der Waals surface area contributed by atoms with Crippen molar-refractivity contribution >= 4 is 17.3 Å². The lowest BCUT2D eigenvalue weighted by Crippen LogP contribution is -2.12. The summed E-state index contributed by atoms with van der Waals surface area (Å²) in [6, 6.07) is 0. The molecular weight excluding hydrogens is 195 g/mol. The van der Waals surface area contributed by atoms with Crippen molar-refractivity contribution in [2.24, 2.45) is 0 Å². The highest BCUT2D eigenvalue weighted by molar-refractivity contribution is 6.28. The van der Waals surface area contributed by atoms with Crippen LogP contribution in [0.15, 0.2) is 6.20 Å². The average Bonchev–Trinajstić information content (AvgIpc) is 1.92. The third-order valence-electron chi connectivity index (χ3n) is 1.06. The van der Waals surface area contributed by atoms with Crippen LogP contribution in [0.4, 0.5) is 18.9 Å². The Morgan fingerprint density at radius 3 is 2.42 bits per heavy atom. The summed E-state index contributed by atoms with van der Waals surface area (Å²) in [6.45, 7) is 0. The van der Waals surface area contributed by atoms with Gasteiger partial charge in [-0.3, -0.25) is 0 Å². The van der Waals surface area contributed by atoms with E-state index in [2.05, 4.69) is 9.97 Å². The topological polar surface area (TPSA) is 51.8 Å². The summed E-state index contributed by atoms with van der Waals surface area (Å²) in [5.41, 5.74) is 3.23. The predicted molar refractivity (Wildman–Crippen MR) is 36.5 cm³/mol. The number of nitrogens with zero attached hydrogens (tertiary/aromatic N) is 2. The van der Waals surface area contributed by atoms with Crippen LogP contribution in [-0.4, -0.2) is 9.97 Å². The Labute approximate surface area is 70.4 Å². The molecule has 0 fully saturated rings. The number of nitrogens with two attached hydrogens (primary N) is 1. The summed E-state index contributed by atoms with van der Waals surface area (Å²) in [5, 5.41) is -0.475. The lowest BCUT2D eigenvalue weighted by atomic mass is 10.3. The Kier molecular flexibility index (Phi) is 2.10. The van der Waals surface area contributed by atoms with Crippen molar-refractivity contribution < 1.29 is 13.2 Å². The highest BCUT2D eigenvalue weighted by Gasteiger charge is 2.35. The minimum atomic E-state index is -4.59. The second kappa shape index (κ2) is 2.78. The standard InChI is InChI=1S/C5H3ClF3N3/c6-4-11-1-2(10)3(12-4)5(7,8)9/h1H,10H2. The molecule has 0 unspecified atom stereocenters. The van der Waals surface area contributed by atoms with Crippen molar-refractivity contribution in [1.29, 1.82) is 0 Å². The molecule has 0 aliphatic heterocycles. The average molecular weight is 198 g/mol. The third kappa shape index (κ3) is 1.76. The minimum Gasteiger partial charge on any atom is -0.396 e. The van der Waals surface area contributed by atoms with E-state index >= 15 is 0 Å². The van der Waals surface area contributed by atoms with Gasteiger partial charge in [0.2, 0.25) is 5.28 Å². The van der Waals surface area contributed by atoms with Crippen LogP contribution in [0.5, 0.6) is 0 Å². The number of hydrogen-bond donors (Lipinski definition) is 1. The van der Waals surface area contributed by atoms with Gasteiger partial charge in [0.25, 0.3) is 0 Å². The van der Waals surface area contributed by atoms with Crippen molar-refractivity contribution in [2.75, 3.05) is 5.73 Å². The van der Waals surface area contributed by atoms with Gasteiger partial charge in [-0.15, -0.1) is 0 Å². The summed E-state index contributed by atoms with van der Waals surface area (Å²) in [5.74, 6) is 0. The molecule has 0 saturated carbocycles. The predicted octanol–water partition coefficient (Wildman–Crippen LogP) is 1.73. The maximum atomic E-state index is 12.0. The van der Waals surface area contributed by atoms with Crippen LogP contribution in [0, 0.1) is 0 Å². The molecule has 0 saturated heterocycles. The summed E-state index contributed by atoms with van der Waals surface area (Å²) >= 11 is 5.15. The van der Waals surface area contributed by atoms with Crippen LogP contribution in [0.2, 0.25) is 5.28 Å². The van der Waals surface area contributed by atoms with E-state index < -0.39 is 22.8 Å². The molecule has 1 aromatic heterocycles. The fraction of sp³-hybridized carbons (Fsp3) is 0.200. The van der Waals surface area contributed by atoms with Crippen molar-refractivity contribution in [3.05, 3.63) is 17.2 Å². The number of nitrogen functional groups attached to an aromatic ring is 1. The molecule has 66 valence electrons. The van der Waals surface area contributed by atoms with E-state index in [1.807, 2.05) is 0 Å². The van der Waals surface area contributed by atoms with Crippen LogP contribution in [0.25, 0.3) is 0 Å². The van der Waals surface area contributed by atoms with Crippen LogP contribution < -0.4 is 5.73 Å². The molecule has 1 rings (SSSR count). The molecule has 1 heterocycles. The molecule has 12 heavy (non-hydrogen) atoms. The quantitative estimate of drug-likeness (QED) is 0.645. The Hall–Kier alpha value is -1.04. The first-order valence-corrected chi connectivity index (χ1v) is 3.14. The molecular formula is C5H3ClF3N3. The molecule has 0 atom stereocenters. The maximum Gasteiger partial charge on any atom is 0.435 e. The van der Waals surface area contributed by atoms with Gasteiger partial charge in [0.05, 0.1) is 11.9 Å². The van der Waals surface area contributed by atoms with Crippen LogP contribution >= 0.6 is 11.6 Å². The van der Waals surface area contributed by atoms with Gasteiger partial charge in [-0.25, -0.2) is 9.97 Å². The van der Waals surface area contributed by atoms with Crippen molar-refractivity contribution in [3.8, 4) is 0 Å². The van der Waals surface area contributed by atoms with Gasteiger partial charge >= 0.3 is 6.18 Å². The number of anilines is 1. The number of alkyl halides is 3. The molecule has 0 spiro atoms. The van der Waals surface area contributed by atoms with Gasteiger partial charge in [-0.1, -0.05) is 0 Å². The van der Waals surface area contributed by atoms with Crippen molar-refractivity contribution in [1.82, 2.24) is 9.97 Å². The second-order valence-corrected chi connectivity index (χ2v) is 2.28. The SMILES string of the molecule is Nc1cnc(Cl)nc1C(F)(F)F. The molecule has 7 heteroatoms. The zero-order valence-corrected chi connectivity index (χ0v) is 6.32. The first-order valence-electron chi connectivity index (χ1n) is 2.76. The fourth-order valence-electron chi connectivity index (χ4n) is 0.597. The van der Waals surface area contributed by atoms with E-state index in [-0.39, 0.29) is 0 Å². The molecule has 0 bridgehead atoms. The van der Waals surface area contributed by atoms with Crippen LogP contribution in [-0.2, 0) is 6.18 Å². The molecule has 3 nitrogen and oxygen atoms in total. The molecule has 1 aromatic rings. The van der Waals surface area contributed by atoms with E-state index in [0.717, 1.165) is 6.20 Å². The highest BCUT2D eigenvalue weighted by Crippen LogP contribution is 2.31. The summed E-state index contributed by atoms with van der Waals surface area (Å²) < 4.78 is 36.0. The number of rotatable bonds is 0. The lowest BCUT2D eigenvalue weighted by molar-refractivity contribution is -0.140. The van der Waals surface area contributed by atoms with E-state index in [1.165, 1.54) is 0 Å². The van der Waals surface area contributed by atoms with Crippen LogP contribution in [0.1, 0.15) is 5.69 Å². The Morgan fingerprint density at radius 2 is 2.00 bits per heavy atom. The smallest absolute Gasteiger partial charge is 0.396 e. The number of aromatic nitrogens is 2. The zero-order valence-electron chi connectivity index (χ0n) is 5.56. The molecule has 0 radical (unpaired) electrons. The first kappa shape index (κ1) is 9.05. The van der Waals surface area contributed by atoms with Gasteiger partial charge < -0.3 is 5.73 Å². The summed E-state index contributed by atoms with van der Waals surface area (Å²) in [4.78, 5) is 6.23. The fourth-order valence-corrected chi connectivity index (χ4v) is 0.730. The van der Waals surface area contributed by atoms with Gasteiger partial charge in [0.15, 0.2) is 5.69 Å². The Balaban J connectivity index is 3.23. The molecule has 0 aliphatic rings. The molecule has 2 N–H and O–H groups in total. The normalized spacial score (nSPS) is 11.7. The molecule has 0 aromatic carbocycles. The van der Waals surface area contributed by atoms with E-state index in [9.17, 15) is 13.2 Å².